The highest BCUT2D eigenvalue weighted by atomic mass is 16.1. The highest BCUT2D eigenvalue weighted by Gasteiger charge is 2.17. The number of aromatic amines is 1. The third-order valence-corrected chi connectivity index (χ3v) is 3.83. The average molecular weight is 307 g/mol. The van der Waals surface area contributed by atoms with Crippen LogP contribution in [-0.2, 0) is 0 Å². The molecule has 0 saturated heterocycles. The van der Waals surface area contributed by atoms with Gasteiger partial charge in [-0.3, -0.25) is 4.79 Å². The summed E-state index contributed by atoms with van der Waals surface area (Å²) in [5.74, 6) is -0.0862. The van der Waals surface area contributed by atoms with Gasteiger partial charge in [-0.05, 0) is 31.8 Å². The Morgan fingerprint density at radius 3 is 2.48 bits per heavy atom. The molecule has 0 saturated carbocycles. The number of fused-ring (bicyclic) bond motifs is 1. The van der Waals surface area contributed by atoms with E-state index in [0.29, 0.717) is 5.69 Å². The summed E-state index contributed by atoms with van der Waals surface area (Å²) in [6, 6.07) is 19.8. The number of rotatable bonds is 5. The summed E-state index contributed by atoms with van der Waals surface area (Å²) in [5.41, 5.74) is 2.66. The second-order valence-corrected chi connectivity index (χ2v) is 5.97. The molecule has 3 aromatic rings. The van der Waals surface area contributed by atoms with Crippen molar-refractivity contribution in [2.45, 2.75) is 6.04 Å². The first-order chi connectivity index (χ1) is 11.1. The first kappa shape index (κ1) is 15.3. The van der Waals surface area contributed by atoms with Crippen molar-refractivity contribution < 1.29 is 4.79 Å². The minimum atomic E-state index is -0.0862. The summed E-state index contributed by atoms with van der Waals surface area (Å²) in [6.07, 6.45) is 0. The zero-order valence-electron chi connectivity index (χ0n) is 13.4. The highest BCUT2D eigenvalue weighted by Crippen LogP contribution is 2.17. The molecule has 1 amide bonds. The van der Waals surface area contributed by atoms with E-state index >= 15 is 0 Å². The van der Waals surface area contributed by atoms with Gasteiger partial charge in [0.15, 0.2) is 0 Å². The molecule has 4 heteroatoms. The Hall–Kier alpha value is -2.59. The maximum atomic E-state index is 12.6. The largest absolute Gasteiger partial charge is 0.351 e. The van der Waals surface area contributed by atoms with E-state index in [9.17, 15) is 4.79 Å². The van der Waals surface area contributed by atoms with Crippen LogP contribution >= 0.6 is 0 Å². The highest BCUT2D eigenvalue weighted by molar-refractivity contribution is 5.98. The van der Waals surface area contributed by atoms with Crippen LogP contribution in [0.4, 0.5) is 0 Å². The van der Waals surface area contributed by atoms with Crippen molar-refractivity contribution in [2.75, 3.05) is 20.6 Å². The summed E-state index contributed by atoms with van der Waals surface area (Å²) >= 11 is 0. The van der Waals surface area contributed by atoms with Crippen molar-refractivity contribution >= 4 is 16.8 Å². The molecule has 1 atom stereocenters. The lowest BCUT2D eigenvalue weighted by atomic mass is 10.1. The fourth-order valence-electron chi connectivity index (χ4n) is 2.72. The minimum Gasteiger partial charge on any atom is -0.351 e. The molecule has 2 aromatic carbocycles. The molecule has 2 N–H and O–H groups in total. The number of nitrogens with zero attached hydrogens (tertiary/aromatic N) is 1. The van der Waals surface area contributed by atoms with Crippen molar-refractivity contribution in [1.29, 1.82) is 0 Å². The Morgan fingerprint density at radius 1 is 1.09 bits per heavy atom. The standard InChI is InChI=1S/C19H21N3O/c1-22(2)13-18(14-8-4-3-5-9-14)21-19(23)17-12-15-10-6-7-11-16(15)20-17/h3-12,18,20H,13H2,1-2H3,(H,21,23)/t18-/m0/s1. The zero-order chi connectivity index (χ0) is 16.2. The molecule has 0 spiro atoms. The molecule has 0 aliphatic heterocycles. The van der Waals surface area contributed by atoms with Crippen LogP contribution in [0, 0.1) is 0 Å². The summed E-state index contributed by atoms with van der Waals surface area (Å²) in [7, 11) is 4.01. The van der Waals surface area contributed by atoms with Gasteiger partial charge in [-0.25, -0.2) is 0 Å². The van der Waals surface area contributed by atoms with Crippen LogP contribution in [0.1, 0.15) is 22.1 Å². The molecule has 0 aliphatic carbocycles. The Bertz CT molecular complexity index is 759. The fraction of sp³-hybridized carbons (Fsp3) is 0.211. The topological polar surface area (TPSA) is 48.1 Å². The van der Waals surface area contributed by atoms with Crippen molar-refractivity contribution in [2.24, 2.45) is 0 Å². The lowest BCUT2D eigenvalue weighted by molar-refractivity contribution is 0.0925. The Morgan fingerprint density at radius 2 is 1.78 bits per heavy atom. The Balaban J connectivity index is 1.82. The van der Waals surface area contributed by atoms with Crippen LogP contribution in [0.5, 0.6) is 0 Å². The van der Waals surface area contributed by atoms with E-state index in [1.165, 1.54) is 0 Å². The smallest absolute Gasteiger partial charge is 0.268 e. The third-order valence-electron chi connectivity index (χ3n) is 3.83. The molecular weight excluding hydrogens is 286 g/mol. The monoisotopic (exact) mass is 307 g/mol. The van der Waals surface area contributed by atoms with Gasteiger partial charge >= 0.3 is 0 Å². The number of nitrogens with one attached hydrogen (secondary N) is 2. The van der Waals surface area contributed by atoms with E-state index < -0.39 is 0 Å². The molecule has 4 nitrogen and oxygen atoms in total. The summed E-state index contributed by atoms with van der Waals surface area (Å²) in [6.45, 7) is 0.746. The molecule has 0 radical (unpaired) electrons. The number of benzene rings is 2. The second kappa shape index (κ2) is 6.67. The van der Waals surface area contributed by atoms with Crippen molar-refractivity contribution in [1.82, 2.24) is 15.2 Å². The van der Waals surface area contributed by atoms with Gasteiger partial charge < -0.3 is 15.2 Å². The normalized spacial score (nSPS) is 12.5. The number of hydrogen-bond acceptors (Lipinski definition) is 2. The first-order valence-corrected chi connectivity index (χ1v) is 7.72. The predicted octanol–water partition coefficient (Wildman–Crippen LogP) is 3.20. The number of para-hydroxylation sites is 1. The van der Waals surface area contributed by atoms with Crippen molar-refractivity contribution in [3.05, 3.63) is 71.9 Å². The van der Waals surface area contributed by atoms with Crippen LogP contribution < -0.4 is 5.32 Å². The van der Waals surface area contributed by atoms with E-state index in [1.54, 1.807) is 0 Å². The third kappa shape index (κ3) is 3.60. The van der Waals surface area contributed by atoms with Gasteiger partial charge in [0, 0.05) is 17.4 Å². The Kier molecular flexibility index (Phi) is 4.44. The lowest BCUT2D eigenvalue weighted by Gasteiger charge is -2.22. The summed E-state index contributed by atoms with van der Waals surface area (Å²) in [4.78, 5) is 17.9. The number of amides is 1. The van der Waals surface area contributed by atoms with Crippen LogP contribution in [0.2, 0.25) is 0 Å². The first-order valence-electron chi connectivity index (χ1n) is 7.72. The van der Waals surface area contributed by atoms with E-state index in [0.717, 1.165) is 23.0 Å². The van der Waals surface area contributed by atoms with E-state index in [4.69, 9.17) is 0 Å². The van der Waals surface area contributed by atoms with Crippen molar-refractivity contribution in [3.63, 3.8) is 0 Å². The van der Waals surface area contributed by atoms with Gasteiger partial charge in [0.25, 0.3) is 5.91 Å². The molecule has 0 unspecified atom stereocenters. The molecule has 3 rings (SSSR count). The maximum absolute atomic E-state index is 12.6. The number of H-pyrrole nitrogens is 1. The minimum absolute atomic E-state index is 0.0508. The van der Waals surface area contributed by atoms with Gasteiger partial charge in [0.2, 0.25) is 0 Å². The molecule has 1 heterocycles. The number of aromatic nitrogens is 1. The van der Waals surface area contributed by atoms with Crippen LogP contribution in [0.3, 0.4) is 0 Å². The number of likely N-dealkylation sites (N-methyl/N-ethyl adjacent to an activating group) is 1. The van der Waals surface area contributed by atoms with E-state index in [1.807, 2.05) is 74.8 Å². The number of carbonyl (C=O) groups is 1. The number of carbonyl (C=O) groups excluding carboxylic acids is 1. The van der Waals surface area contributed by atoms with Crippen LogP contribution in [0.15, 0.2) is 60.7 Å². The molecule has 118 valence electrons. The molecule has 0 fully saturated rings. The van der Waals surface area contributed by atoms with Gasteiger partial charge in [-0.2, -0.15) is 0 Å². The maximum Gasteiger partial charge on any atom is 0.268 e. The SMILES string of the molecule is CN(C)C[C@H](NC(=O)c1cc2ccccc2[nH]1)c1ccccc1. The van der Waals surface area contributed by atoms with Crippen LogP contribution in [-0.4, -0.2) is 36.4 Å². The lowest BCUT2D eigenvalue weighted by Crippen LogP contribution is -2.35. The molecule has 0 aliphatic rings. The molecule has 23 heavy (non-hydrogen) atoms. The van der Waals surface area contributed by atoms with Crippen LogP contribution in [0.25, 0.3) is 10.9 Å². The average Bonchev–Trinajstić information content (AvgIpc) is 2.99. The van der Waals surface area contributed by atoms with E-state index in [2.05, 4.69) is 15.2 Å². The molecule has 0 bridgehead atoms. The molecule has 1 aromatic heterocycles. The summed E-state index contributed by atoms with van der Waals surface area (Å²) in [5, 5.41) is 4.17. The van der Waals surface area contributed by atoms with Gasteiger partial charge in [0.1, 0.15) is 5.69 Å². The van der Waals surface area contributed by atoms with E-state index in [-0.39, 0.29) is 11.9 Å². The predicted molar refractivity (Wildman–Crippen MR) is 93.5 cm³/mol. The number of hydrogen-bond donors (Lipinski definition) is 2. The Labute approximate surface area is 136 Å². The van der Waals surface area contributed by atoms with Gasteiger partial charge in [0.05, 0.1) is 6.04 Å². The quantitative estimate of drug-likeness (QED) is 0.760. The second-order valence-electron chi connectivity index (χ2n) is 5.97. The zero-order valence-corrected chi connectivity index (χ0v) is 13.4. The van der Waals surface area contributed by atoms with Crippen molar-refractivity contribution in [3.8, 4) is 0 Å². The van der Waals surface area contributed by atoms with Gasteiger partial charge in [-0.15, -0.1) is 0 Å². The van der Waals surface area contributed by atoms with Gasteiger partial charge in [-0.1, -0.05) is 48.5 Å². The molecular formula is C19H21N3O. The fourth-order valence-corrected chi connectivity index (χ4v) is 2.72. The summed E-state index contributed by atoms with van der Waals surface area (Å²) < 4.78 is 0.